The van der Waals surface area contributed by atoms with E-state index in [0.717, 1.165) is 48.3 Å². The van der Waals surface area contributed by atoms with E-state index in [1.54, 1.807) is 7.11 Å². The normalized spacial score (nSPS) is 48.3. The number of ketones is 1. The number of hydrogen-bond donors (Lipinski definition) is 0. The van der Waals surface area contributed by atoms with Crippen LogP contribution in [0.5, 0.6) is 0 Å². The van der Waals surface area contributed by atoms with Gasteiger partial charge in [0.1, 0.15) is 6.10 Å². The van der Waals surface area contributed by atoms with Gasteiger partial charge in [-0.25, -0.2) is 0 Å². The molecule has 178 valence electrons. The Morgan fingerprint density at radius 1 is 1.00 bits per heavy atom. The van der Waals surface area contributed by atoms with E-state index in [4.69, 9.17) is 4.74 Å². The number of carbonyl (C=O) groups excluding carboxylic acids is 1. The maximum Gasteiger partial charge on any atom is 0.163 e. The van der Waals surface area contributed by atoms with Crippen LogP contribution in [-0.4, -0.2) is 23.3 Å². The van der Waals surface area contributed by atoms with E-state index in [-0.39, 0.29) is 15.8 Å². The Hall–Kier alpha value is 0.110. The molecule has 0 amide bonds. The molecule has 4 aliphatic carbocycles. The van der Waals surface area contributed by atoms with Gasteiger partial charge in [-0.2, -0.15) is 0 Å². The van der Waals surface area contributed by atoms with Crippen LogP contribution in [0.4, 0.5) is 0 Å². The van der Waals surface area contributed by atoms with E-state index in [0.29, 0.717) is 17.6 Å². The number of methoxy groups -OCH3 is 1. The summed E-state index contributed by atoms with van der Waals surface area (Å²) in [6.07, 6.45) is 13.7. The summed E-state index contributed by atoms with van der Waals surface area (Å²) in [5.41, 5.74) is 0.707. The van der Waals surface area contributed by atoms with Crippen LogP contribution in [0.3, 0.4) is 0 Å². The molecule has 4 aliphatic rings. The highest BCUT2D eigenvalue weighted by molar-refractivity contribution is 9.10. The molecule has 0 bridgehead atoms. The molecule has 0 aliphatic heterocycles. The highest BCUT2D eigenvalue weighted by Crippen LogP contribution is 2.70. The van der Waals surface area contributed by atoms with Crippen molar-refractivity contribution in [2.75, 3.05) is 7.11 Å². The van der Waals surface area contributed by atoms with Crippen molar-refractivity contribution in [3.63, 3.8) is 0 Å². The summed E-state index contributed by atoms with van der Waals surface area (Å²) in [5, 5.41) is 0. The first-order valence-electron chi connectivity index (χ1n) is 13.3. The molecule has 2 nitrogen and oxygen atoms in total. The zero-order valence-electron chi connectivity index (χ0n) is 21.0. The van der Waals surface area contributed by atoms with Crippen molar-refractivity contribution in [2.45, 2.75) is 116 Å². The minimum absolute atomic E-state index is 0.166. The summed E-state index contributed by atoms with van der Waals surface area (Å²) in [7, 11) is 1.74. The lowest BCUT2D eigenvalue weighted by Crippen LogP contribution is -2.65. The predicted octanol–water partition coefficient (Wildman–Crippen LogP) is 7.82. The van der Waals surface area contributed by atoms with Crippen molar-refractivity contribution in [3.05, 3.63) is 0 Å². The fourth-order valence-corrected chi connectivity index (χ4v) is 10.6. The molecule has 0 heterocycles. The fraction of sp³-hybridized carbons (Fsp3) is 0.964. The molecule has 0 aromatic heterocycles. The molecule has 3 heteroatoms. The number of alkyl halides is 1. The van der Waals surface area contributed by atoms with Gasteiger partial charge in [0.2, 0.25) is 0 Å². The molecule has 4 rings (SSSR count). The van der Waals surface area contributed by atoms with E-state index < -0.39 is 0 Å². The third kappa shape index (κ3) is 3.71. The van der Waals surface area contributed by atoms with Crippen molar-refractivity contribution in [3.8, 4) is 0 Å². The van der Waals surface area contributed by atoms with Gasteiger partial charge in [-0.3, -0.25) is 4.79 Å². The molecule has 0 saturated heterocycles. The van der Waals surface area contributed by atoms with E-state index in [2.05, 4.69) is 50.5 Å². The Morgan fingerprint density at radius 3 is 2.42 bits per heavy atom. The summed E-state index contributed by atoms with van der Waals surface area (Å²) in [6, 6.07) is 0. The zero-order chi connectivity index (χ0) is 22.6. The Bertz CT molecular complexity index is 676. The van der Waals surface area contributed by atoms with Crippen LogP contribution in [0.25, 0.3) is 0 Å². The molecule has 0 aromatic carbocycles. The average Bonchev–Trinajstić information content (AvgIpc) is 3.06. The quantitative estimate of drug-likeness (QED) is 0.351. The fourth-order valence-electron chi connectivity index (χ4n) is 9.39. The molecule has 0 aromatic rings. The number of fused-ring (bicyclic) bond motifs is 5. The number of halogens is 1. The number of carbonyl (C=O) groups is 1. The number of ether oxygens (including phenoxy) is 1. The maximum absolute atomic E-state index is 12.7. The van der Waals surface area contributed by atoms with Crippen LogP contribution >= 0.6 is 15.9 Å². The summed E-state index contributed by atoms with van der Waals surface area (Å²) in [6.45, 7) is 12.5. The molecule has 2 unspecified atom stereocenters. The smallest absolute Gasteiger partial charge is 0.163 e. The van der Waals surface area contributed by atoms with Gasteiger partial charge in [-0.05, 0) is 91.3 Å². The zero-order valence-corrected chi connectivity index (χ0v) is 22.6. The van der Waals surface area contributed by atoms with Crippen LogP contribution < -0.4 is 0 Å². The lowest BCUT2D eigenvalue weighted by molar-refractivity contribution is -0.157. The monoisotopic (exact) mass is 494 g/mol. The second-order valence-corrected chi connectivity index (χ2v) is 14.2. The summed E-state index contributed by atoms with van der Waals surface area (Å²) in [5.74, 6) is 5.38. The Balaban J connectivity index is 1.53. The lowest BCUT2D eigenvalue weighted by Gasteiger charge is -2.64. The molecule has 4 saturated carbocycles. The van der Waals surface area contributed by atoms with Crippen molar-refractivity contribution in [1.82, 2.24) is 0 Å². The van der Waals surface area contributed by atoms with Crippen molar-refractivity contribution < 1.29 is 9.53 Å². The third-order valence-electron chi connectivity index (χ3n) is 11.1. The minimum Gasteiger partial charge on any atom is -0.372 e. The predicted molar refractivity (Wildman–Crippen MR) is 132 cm³/mol. The van der Waals surface area contributed by atoms with Crippen LogP contribution in [-0.2, 0) is 9.53 Å². The molecular formula is C28H47BrO2. The summed E-state index contributed by atoms with van der Waals surface area (Å²) in [4.78, 5) is 12.7. The van der Waals surface area contributed by atoms with E-state index in [9.17, 15) is 4.79 Å². The average molecular weight is 496 g/mol. The first kappa shape index (κ1) is 24.2. The van der Waals surface area contributed by atoms with Gasteiger partial charge in [0.15, 0.2) is 5.78 Å². The van der Waals surface area contributed by atoms with Gasteiger partial charge < -0.3 is 4.74 Å². The van der Waals surface area contributed by atoms with Crippen LogP contribution in [0.2, 0.25) is 0 Å². The maximum atomic E-state index is 12.7. The largest absolute Gasteiger partial charge is 0.372 e. The van der Waals surface area contributed by atoms with Crippen molar-refractivity contribution in [2.24, 2.45) is 46.3 Å². The van der Waals surface area contributed by atoms with Crippen LogP contribution in [0, 0.1) is 46.3 Å². The van der Waals surface area contributed by atoms with E-state index in [1.807, 2.05) is 0 Å². The standard InChI is InChI=1S/C28H47BrO2/c1-18(2)8-7-9-19(3)21-10-11-22-20-12-17-28(29)25(31-6)24(30)14-16-27(28,5)23(20)13-15-26(21,22)4/h18-23,25H,7-17H2,1-6H3/t19-,20+,21-,22+,23+,25?,26-,27-,28?/m1/s1. The highest BCUT2D eigenvalue weighted by atomic mass is 79.9. The van der Waals surface area contributed by atoms with E-state index >= 15 is 0 Å². The highest BCUT2D eigenvalue weighted by Gasteiger charge is 2.67. The van der Waals surface area contributed by atoms with Gasteiger partial charge in [0.25, 0.3) is 0 Å². The van der Waals surface area contributed by atoms with Gasteiger partial charge >= 0.3 is 0 Å². The third-order valence-corrected chi connectivity index (χ3v) is 12.8. The molecule has 9 atom stereocenters. The topological polar surface area (TPSA) is 26.3 Å². The number of Topliss-reactive ketones (excluding diaryl/α,β-unsaturated/α-hetero) is 1. The van der Waals surface area contributed by atoms with Gasteiger partial charge in [0.05, 0.1) is 4.32 Å². The van der Waals surface area contributed by atoms with E-state index in [1.165, 1.54) is 51.4 Å². The molecule has 0 N–H and O–H groups in total. The molecule has 0 radical (unpaired) electrons. The minimum atomic E-state index is -0.266. The Labute approximate surface area is 200 Å². The number of rotatable bonds is 6. The van der Waals surface area contributed by atoms with Crippen LogP contribution in [0.15, 0.2) is 0 Å². The second kappa shape index (κ2) is 8.71. The molecule has 0 spiro atoms. The lowest BCUT2D eigenvalue weighted by atomic mass is 9.44. The van der Waals surface area contributed by atoms with Crippen molar-refractivity contribution in [1.29, 1.82) is 0 Å². The summed E-state index contributed by atoms with van der Waals surface area (Å²) < 4.78 is 5.67. The molecular weight excluding hydrogens is 448 g/mol. The molecule has 31 heavy (non-hydrogen) atoms. The number of hydrogen-bond acceptors (Lipinski definition) is 2. The van der Waals surface area contributed by atoms with Crippen LogP contribution in [0.1, 0.15) is 105 Å². The van der Waals surface area contributed by atoms with Gasteiger partial charge in [-0.15, -0.1) is 0 Å². The second-order valence-electron chi connectivity index (χ2n) is 12.8. The van der Waals surface area contributed by atoms with Gasteiger partial charge in [0, 0.05) is 13.5 Å². The SMILES string of the molecule is COC1C(=O)CC[C@]2(C)[C@H]3CC[C@]4(C)[C@@H]([C@H](C)CCCC(C)C)CC[C@H]4[C@@H]3CCC12Br. The Kier molecular flexibility index (Phi) is 6.81. The first-order valence-corrected chi connectivity index (χ1v) is 14.1. The summed E-state index contributed by atoms with van der Waals surface area (Å²) >= 11 is 4.17. The molecule has 4 fully saturated rings. The first-order chi connectivity index (χ1) is 14.6. The van der Waals surface area contributed by atoms with Gasteiger partial charge in [-0.1, -0.05) is 69.8 Å². The van der Waals surface area contributed by atoms with Crippen molar-refractivity contribution >= 4 is 21.7 Å². The Morgan fingerprint density at radius 2 is 1.74 bits per heavy atom.